The number of hydrogen-bond donors (Lipinski definition) is 0. The fraction of sp³-hybridized carbons (Fsp3) is 0.296. The zero-order valence-corrected chi connectivity index (χ0v) is 18.7. The van der Waals surface area contributed by atoms with Crippen LogP contribution in [0.5, 0.6) is 11.5 Å². The number of halogens is 1. The van der Waals surface area contributed by atoms with Gasteiger partial charge in [0.05, 0.1) is 17.2 Å². The summed E-state index contributed by atoms with van der Waals surface area (Å²) in [6.45, 7) is 2.91. The Balaban J connectivity index is 1.54. The molecule has 0 saturated carbocycles. The molecule has 0 radical (unpaired) electrons. The number of rotatable bonds is 11. The number of carbonyl (C=O) groups excluding carboxylic acids is 1. The lowest BCUT2D eigenvalue weighted by Gasteiger charge is -2.10. The molecule has 0 unspecified atom stereocenters. The zero-order chi connectivity index (χ0) is 21.9. The highest BCUT2D eigenvalue weighted by atomic mass is 35.5. The maximum atomic E-state index is 12.3. The first-order valence-corrected chi connectivity index (χ1v) is 11.3. The molecule has 0 atom stereocenters. The van der Waals surface area contributed by atoms with Crippen LogP contribution in [-0.4, -0.2) is 12.6 Å². The van der Waals surface area contributed by atoms with Crippen molar-refractivity contribution in [3.8, 4) is 22.6 Å². The summed E-state index contributed by atoms with van der Waals surface area (Å²) in [5.41, 5.74) is 2.44. The molecule has 3 aromatic carbocycles. The van der Waals surface area contributed by atoms with Gasteiger partial charge in [-0.05, 0) is 53.9 Å². The molecule has 3 rings (SSSR count). The molecule has 0 aromatic heterocycles. The van der Waals surface area contributed by atoms with Crippen molar-refractivity contribution in [2.45, 2.75) is 45.4 Å². The molecule has 4 heteroatoms. The van der Waals surface area contributed by atoms with Gasteiger partial charge in [-0.15, -0.1) is 0 Å². The van der Waals surface area contributed by atoms with E-state index in [4.69, 9.17) is 21.1 Å². The lowest BCUT2D eigenvalue weighted by Crippen LogP contribution is -2.08. The fourth-order valence-electron chi connectivity index (χ4n) is 3.32. The molecule has 0 saturated heterocycles. The Morgan fingerprint density at radius 1 is 0.806 bits per heavy atom. The van der Waals surface area contributed by atoms with Crippen LogP contribution in [0.1, 0.15) is 55.8 Å². The minimum atomic E-state index is -0.380. The monoisotopic (exact) mass is 436 g/mol. The lowest BCUT2D eigenvalue weighted by molar-refractivity contribution is 0.0735. The van der Waals surface area contributed by atoms with Gasteiger partial charge in [0, 0.05) is 0 Å². The van der Waals surface area contributed by atoms with Crippen molar-refractivity contribution in [3.63, 3.8) is 0 Å². The van der Waals surface area contributed by atoms with Crippen LogP contribution in [0.15, 0.2) is 72.8 Å². The van der Waals surface area contributed by atoms with E-state index in [1.807, 2.05) is 48.5 Å². The minimum Gasteiger partial charge on any atom is -0.492 e. The van der Waals surface area contributed by atoms with Crippen molar-refractivity contribution >= 4 is 17.6 Å². The van der Waals surface area contributed by atoms with E-state index in [0.717, 1.165) is 17.5 Å². The van der Waals surface area contributed by atoms with Gasteiger partial charge in [-0.3, -0.25) is 0 Å². The third-order valence-electron chi connectivity index (χ3n) is 5.10. The lowest BCUT2D eigenvalue weighted by atomic mass is 10.0. The van der Waals surface area contributed by atoms with Crippen molar-refractivity contribution in [1.82, 2.24) is 0 Å². The van der Waals surface area contributed by atoms with Gasteiger partial charge < -0.3 is 9.47 Å². The highest BCUT2D eigenvalue weighted by molar-refractivity contribution is 6.32. The average Bonchev–Trinajstić information content (AvgIpc) is 2.80. The Labute approximate surface area is 190 Å². The molecule has 0 bridgehead atoms. The van der Waals surface area contributed by atoms with Crippen molar-refractivity contribution in [2.75, 3.05) is 6.61 Å². The second kappa shape index (κ2) is 12.2. The Kier molecular flexibility index (Phi) is 8.99. The van der Waals surface area contributed by atoms with Gasteiger partial charge in [0.15, 0.2) is 0 Å². The number of ether oxygens (including phenoxy) is 2. The predicted molar refractivity (Wildman–Crippen MR) is 127 cm³/mol. The molecule has 3 nitrogen and oxygen atoms in total. The Morgan fingerprint density at radius 2 is 1.48 bits per heavy atom. The second-order valence-corrected chi connectivity index (χ2v) is 7.95. The van der Waals surface area contributed by atoms with Crippen LogP contribution in [0.4, 0.5) is 0 Å². The van der Waals surface area contributed by atoms with Gasteiger partial charge in [-0.25, -0.2) is 4.79 Å². The first-order chi connectivity index (χ1) is 15.2. The van der Waals surface area contributed by atoms with Gasteiger partial charge in [-0.2, -0.15) is 0 Å². The molecule has 0 aliphatic rings. The predicted octanol–water partition coefficient (Wildman–Crippen LogP) is 7.97. The summed E-state index contributed by atoms with van der Waals surface area (Å²) in [5, 5.41) is 0.594. The van der Waals surface area contributed by atoms with E-state index in [-0.39, 0.29) is 5.97 Å². The minimum absolute atomic E-state index is 0.380. The van der Waals surface area contributed by atoms with Crippen molar-refractivity contribution in [1.29, 1.82) is 0 Å². The molecule has 0 fully saturated rings. The van der Waals surface area contributed by atoms with E-state index in [0.29, 0.717) is 28.7 Å². The number of benzene rings is 3. The van der Waals surface area contributed by atoms with E-state index < -0.39 is 0 Å². The van der Waals surface area contributed by atoms with Crippen LogP contribution in [0.25, 0.3) is 11.1 Å². The summed E-state index contributed by atoms with van der Waals surface area (Å²) in [6, 6.07) is 22.1. The third-order valence-corrected chi connectivity index (χ3v) is 5.39. The van der Waals surface area contributed by atoms with Crippen LogP contribution in [0.2, 0.25) is 5.02 Å². The largest absolute Gasteiger partial charge is 0.492 e. The topological polar surface area (TPSA) is 35.5 Å². The maximum Gasteiger partial charge on any atom is 0.343 e. The van der Waals surface area contributed by atoms with Gasteiger partial charge in [0.2, 0.25) is 0 Å². The van der Waals surface area contributed by atoms with Crippen LogP contribution in [0, 0.1) is 0 Å². The summed E-state index contributed by atoms with van der Waals surface area (Å²) in [6.07, 6.45) is 7.37. The van der Waals surface area contributed by atoms with Crippen LogP contribution < -0.4 is 9.47 Å². The Bertz CT molecular complexity index is 952. The van der Waals surface area contributed by atoms with Crippen molar-refractivity contribution in [3.05, 3.63) is 83.4 Å². The molecular formula is C27H29ClO3. The number of carbonyl (C=O) groups is 1. The molecule has 31 heavy (non-hydrogen) atoms. The Morgan fingerprint density at radius 3 is 2.19 bits per heavy atom. The summed E-state index contributed by atoms with van der Waals surface area (Å²) in [4.78, 5) is 12.3. The van der Waals surface area contributed by atoms with E-state index >= 15 is 0 Å². The van der Waals surface area contributed by atoms with E-state index in [2.05, 4.69) is 6.92 Å². The quantitative estimate of drug-likeness (QED) is 0.174. The number of para-hydroxylation sites is 1. The van der Waals surface area contributed by atoms with Crippen LogP contribution in [-0.2, 0) is 0 Å². The number of hydrogen-bond acceptors (Lipinski definition) is 3. The molecule has 0 aliphatic carbocycles. The number of esters is 1. The van der Waals surface area contributed by atoms with Gasteiger partial charge in [-0.1, -0.05) is 87.0 Å². The van der Waals surface area contributed by atoms with Gasteiger partial charge >= 0.3 is 5.97 Å². The van der Waals surface area contributed by atoms with Crippen LogP contribution in [0.3, 0.4) is 0 Å². The number of unbranched alkanes of at least 4 members (excludes halogenated alkanes) is 5. The van der Waals surface area contributed by atoms with E-state index in [9.17, 15) is 4.79 Å². The molecule has 0 heterocycles. The molecule has 0 spiro atoms. The molecule has 162 valence electrons. The first-order valence-electron chi connectivity index (χ1n) is 11.0. The average molecular weight is 437 g/mol. The molecule has 0 amide bonds. The summed E-state index contributed by atoms with van der Waals surface area (Å²) in [7, 11) is 0. The van der Waals surface area contributed by atoms with Gasteiger partial charge in [0.1, 0.15) is 11.5 Å². The summed E-state index contributed by atoms with van der Waals surface area (Å²) in [5.74, 6) is 0.858. The highest BCUT2D eigenvalue weighted by Crippen LogP contribution is 2.31. The third kappa shape index (κ3) is 7.15. The van der Waals surface area contributed by atoms with Crippen LogP contribution >= 0.6 is 11.6 Å². The second-order valence-electron chi connectivity index (χ2n) is 7.54. The standard InChI is InChI=1S/C27H29ClO3/c1-2-3-4-5-6-10-19-30-26-18-17-23(20-25(26)28)21-13-15-22(16-14-21)27(29)31-24-11-8-7-9-12-24/h7-9,11-18,20H,2-6,10,19H2,1H3. The molecule has 0 aliphatic heterocycles. The highest BCUT2D eigenvalue weighted by Gasteiger charge is 2.10. The first kappa shape index (κ1) is 22.9. The fourth-order valence-corrected chi connectivity index (χ4v) is 3.55. The normalized spacial score (nSPS) is 10.6. The zero-order valence-electron chi connectivity index (χ0n) is 18.0. The van der Waals surface area contributed by atoms with Crippen molar-refractivity contribution < 1.29 is 14.3 Å². The van der Waals surface area contributed by atoms with E-state index in [1.54, 1.807) is 24.3 Å². The van der Waals surface area contributed by atoms with E-state index in [1.165, 1.54) is 32.1 Å². The summed E-state index contributed by atoms with van der Waals surface area (Å²) >= 11 is 6.43. The molecule has 3 aromatic rings. The molecule has 0 N–H and O–H groups in total. The Hall–Kier alpha value is -2.78. The maximum absolute atomic E-state index is 12.3. The van der Waals surface area contributed by atoms with Crippen molar-refractivity contribution in [2.24, 2.45) is 0 Å². The van der Waals surface area contributed by atoms with Gasteiger partial charge in [0.25, 0.3) is 0 Å². The summed E-state index contributed by atoms with van der Waals surface area (Å²) < 4.78 is 11.2. The smallest absolute Gasteiger partial charge is 0.343 e. The SMILES string of the molecule is CCCCCCCCOc1ccc(-c2ccc(C(=O)Oc3ccccc3)cc2)cc1Cl. The molecular weight excluding hydrogens is 408 g/mol.